The Hall–Kier alpha value is -1.51. The Labute approximate surface area is 83.8 Å². The van der Waals surface area contributed by atoms with Crippen LogP contribution >= 0.6 is 0 Å². The minimum atomic E-state index is -1.01. The van der Waals surface area contributed by atoms with Gasteiger partial charge < -0.3 is 5.11 Å². The molecule has 3 nitrogen and oxygen atoms in total. The lowest BCUT2D eigenvalue weighted by atomic mass is 9.99. The number of hydrogen-bond donors (Lipinski definition) is 2. The van der Waals surface area contributed by atoms with Gasteiger partial charge >= 0.3 is 6.09 Å². The van der Waals surface area contributed by atoms with Gasteiger partial charge in [0.1, 0.15) is 0 Å². The molecule has 1 aromatic rings. The van der Waals surface area contributed by atoms with E-state index in [4.69, 9.17) is 5.11 Å². The molecule has 0 aromatic heterocycles. The Morgan fingerprint density at radius 2 is 1.57 bits per heavy atom. The summed E-state index contributed by atoms with van der Waals surface area (Å²) < 4.78 is 0. The van der Waals surface area contributed by atoms with Gasteiger partial charge in [-0.1, -0.05) is 6.07 Å². The SMILES string of the molecule is Cc1cc(C)c(C)c(NC(=O)O)c1C. The lowest BCUT2D eigenvalue weighted by Gasteiger charge is -2.14. The first-order valence-electron chi connectivity index (χ1n) is 4.51. The summed E-state index contributed by atoms with van der Waals surface area (Å²) in [5.41, 5.74) is 4.93. The van der Waals surface area contributed by atoms with Gasteiger partial charge in [-0.25, -0.2) is 4.79 Å². The second-order valence-corrected chi connectivity index (χ2v) is 3.57. The van der Waals surface area contributed by atoms with Crippen LogP contribution in [0.2, 0.25) is 0 Å². The van der Waals surface area contributed by atoms with Gasteiger partial charge in [0.05, 0.1) is 5.69 Å². The molecule has 14 heavy (non-hydrogen) atoms. The summed E-state index contributed by atoms with van der Waals surface area (Å²) in [5, 5.41) is 11.1. The third-order valence-corrected chi connectivity index (χ3v) is 2.60. The van der Waals surface area contributed by atoms with Gasteiger partial charge in [-0.05, 0) is 49.9 Å². The van der Waals surface area contributed by atoms with Gasteiger partial charge in [0.15, 0.2) is 0 Å². The summed E-state index contributed by atoms with van der Waals surface area (Å²) in [5.74, 6) is 0. The molecule has 0 bridgehead atoms. The lowest BCUT2D eigenvalue weighted by molar-refractivity contribution is 0.209. The van der Waals surface area contributed by atoms with Crippen molar-refractivity contribution in [1.29, 1.82) is 0 Å². The molecule has 0 saturated carbocycles. The van der Waals surface area contributed by atoms with Gasteiger partial charge in [0.25, 0.3) is 0 Å². The van der Waals surface area contributed by atoms with Crippen molar-refractivity contribution >= 4 is 11.8 Å². The molecule has 0 unspecified atom stereocenters. The number of nitrogens with one attached hydrogen (secondary N) is 1. The Morgan fingerprint density at radius 1 is 1.14 bits per heavy atom. The fourth-order valence-electron chi connectivity index (χ4n) is 1.51. The zero-order chi connectivity index (χ0) is 10.9. The summed E-state index contributed by atoms with van der Waals surface area (Å²) in [6.45, 7) is 7.81. The highest BCUT2D eigenvalue weighted by Crippen LogP contribution is 2.26. The van der Waals surface area contributed by atoms with E-state index in [2.05, 4.69) is 11.4 Å². The van der Waals surface area contributed by atoms with Crippen LogP contribution in [0.4, 0.5) is 10.5 Å². The van der Waals surface area contributed by atoms with Crippen LogP contribution < -0.4 is 5.32 Å². The van der Waals surface area contributed by atoms with Crippen molar-refractivity contribution in [3.8, 4) is 0 Å². The van der Waals surface area contributed by atoms with Gasteiger partial charge in [-0.15, -0.1) is 0 Å². The van der Waals surface area contributed by atoms with Crippen LogP contribution in [-0.2, 0) is 0 Å². The molecule has 0 spiro atoms. The quantitative estimate of drug-likeness (QED) is 0.720. The van der Waals surface area contributed by atoms with E-state index in [1.165, 1.54) is 0 Å². The first kappa shape index (κ1) is 10.6. The van der Waals surface area contributed by atoms with Crippen LogP contribution in [0.1, 0.15) is 22.3 Å². The second-order valence-electron chi connectivity index (χ2n) is 3.57. The minimum Gasteiger partial charge on any atom is -0.465 e. The number of carbonyl (C=O) groups is 1. The van der Waals surface area contributed by atoms with E-state index in [1.54, 1.807) is 0 Å². The molecule has 1 aromatic carbocycles. The highest BCUT2D eigenvalue weighted by Gasteiger charge is 2.09. The van der Waals surface area contributed by atoms with Gasteiger partial charge in [0, 0.05) is 0 Å². The van der Waals surface area contributed by atoms with Crippen molar-refractivity contribution in [3.63, 3.8) is 0 Å². The number of aryl methyl sites for hydroxylation is 2. The average molecular weight is 193 g/mol. The molecule has 3 heteroatoms. The summed E-state index contributed by atoms with van der Waals surface area (Å²) in [4.78, 5) is 10.6. The maximum absolute atomic E-state index is 10.6. The lowest BCUT2D eigenvalue weighted by Crippen LogP contribution is -2.11. The van der Waals surface area contributed by atoms with Crippen molar-refractivity contribution in [2.24, 2.45) is 0 Å². The second kappa shape index (κ2) is 3.70. The summed E-state index contributed by atoms with van der Waals surface area (Å²) in [6, 6.07) is 2.07. The van der Waals surface area contributed by atoms with Crippen LogP contribution in [0.25, 0.3) is 0 Å². The average Bonchev–Trinajstić information content (AvgIpc) is 2.09. The third kappa shape index (κ3) is 1.87. The number of hydrogen-bond acceptors (Lipinski definition) is 1. The van der Waals surface area contributed by atoms with Gasteiger partial charge in [0.2, 0.25) is 0 Å². The molecular formula is C11H15NO2. The maximum atomic E-state index is 10.6. The zero-order valence-electron chi connectivity index (χ0n) is 8.93. The summed E-state index contributed by atoms with van der Waals surface area (Å²) in [6.07, 6.45) is -1.01. The predicted molar refractivity (Wildman–Crippen MR) is 57.0 cm³/mol. The number of benzene rings is 1. The van der Waals surface area contributed by atoms with Crippen LogP contribution in [0.15, 0.2) is 6.07 Å². The maximum Gasteiger partial charge on any atom is 0.409 e. The Morgan fingerprint density at radius 3 is 1.93 bits per heavy atom. The van der Waals surface area contributed by atoms with Gasteiger partial charge in [-0.2, -0.15) is 0 Å². The largest absolute Gasteiger partial charge is 0.465 e. The van der Waals surface area contributed by atoms with Crippen molar-refractivity contribution in [2.75, 3.05) is 5.32 Å². The smallest absolute Gasteiger partial charge is 0.409 e. The molecule has 0 atom stereocenters. The molecule has 0 heterocycles. The van der Waals surface area contributed by atoms with E-state index in [9.17, 15) is 4.79 Å². The Bertz CT molecular complexity index is 357. The molecule has 1 amide bonds. The molecule has 2 N–H and O–H groups in total. The third-order valence-electron chi connectivity index (χ3n) is 2.60. The normalized spacial score (nSPS) is 10.0. The summed E-state index contributed by atoms with van der Waals surface area (Å²) in [7, 11) is 0. The van der Waals surface area contributed by atoms with Crippen molar-refractivity contribution in [3.05, 3.63) is 28.3 Å². The molecule has 0 aliphatic carbocycles. The monoisotopic (exact) mass is 193 g/mol. The van der Waals surface area contributed by atoms with Gasteiger partial charge in [-0.3, -0.25) is 5.32 Å². The Kier molecular flexibility index (Phi) is 2.79. The molecule has 76 valence electrons. The van der Waals surface area contributed by atoms with E-state index < -0.39 is 6.09 Å². The number of amides is 1. The summed E-state index contributed by atoms with van der Waals surface area (Å²) >= 11 is 0. The van der Waals surface area contributed by atoms with Crippen molar-refractivity contribution in [2.45, 2.75) is 27.7 Å². The molecule has 0 radical (unpaired) electrons. The van der Waals surface area contributed by atoms with Crippen molar-refractivity contribution in [1.82, 2.24) is 0 Å². The van der Waals surface area contributed by atoms with Crippen molar-refractivity contribution < 1.29 is 9.90 Å². The number of rotatable bonds is 1. The van der Waals surface area contributed by atoms with E-state index in [0.29, 0.717) is 0 Å². The molecule has 1 rings (SSSR count). The topological polar surface area (TPSA) is 49.3 Å². The standard InChI is InChI=1S/C11H15NO2/c1-6-5-7(2)9(4)10(8(6)3)12-11(13)14/h5,12H,1-4H3,(H,13,14). The van der Waals surface area contributed by atoms with E-state index in [1.807, 2.05) is 27.7 Å². The van der Waals surface area contributed by atoms with E-state index in [0.717, 1.165) is 27.9 Å². The van der Waals surface area contributed by atoms with Crippen LogP contribution in [0.5, 0.6) is 0 Å². The fraction of sp³-hybridized carbons (Fsp3) is 0.364. The highest BCUT2D eigenvalue weighted by atomic mass is 16.4. The van der Waals surface area contributed by atoms with E-state index >= 15 is 0 Å². The first-order valence-corrected chi connectivity index (χ1v) is 4.51. The minimum absolute atomic E-state index is 0.718. The molecular weight excluding hydrogens is 178 g/mol. The Balaban J connectivity index is 3.31. The molecule has 0 aliphatic heterocycles. The number of carboxylic acid groups (broad SMARTS) is 1. The number of anilines is 1. The van der Waals surface area contributed by atoms with Crippen LogP contribution in [-0.4, -0.2) is 11.2 Å². The van der Waals surface area contributed by atoms with Crippen LogP contribution in [0, 0.1) is 27.7 Å². The van der Waals surface area contributed by atoms with Crippen LogP contribution in [0.3, 0.4) is 0 Å². The molecule has 0 fully saturated rings. The first-order chi connectivity index (χ1) is 6.43. The zero-order valence-corrected chi connectivity index (χ0v) is 8.93. The highest BCUT2D eigenvalue weighted by molar-refractivity contribution is 5.86. The predicted octanol–water partition coefficient (Wildman–Crippen LogP) is 3.01. The molecule has 0 saturated heterocycles. The molecule has 0 aliphatic rings. The van der Waals surface area contributed by atoms with E-state index in [-0.39, 0.29) is 0 Å². The fourth-order valence-corrected chi connectivity index (χ4v) is 1.51.